The number of likely N-dealkylation sites (tertiary alicyclic amines) is 2. The molecular weight excluding hydrogens is 372 g/mol. The molecule has 0 unspecified atom stereocenters. The van der Waals surface area contributed by atoms with Crippen molar-refractivity contribution in [3.05, 3.63) is 23.5 Å². The molecule has 0 aromatic carbocycles. The molecule has 4 heterocycles. The molecule has 0 aliphatic carbocycles. The third kappa shape index (κ3) is 4.80. The molecule has 6 nitrogen and oxygen atoms in total. The third-order valence-corrected chi connectivity index (χ3v) is 6.75. The van der Waals surface area contributed by atoms with Gasteiger partial charge in [0.25, 0.3) is 0 Å². The average molecular weight is 413 g/mol. The lowest BCUT2D eigenvalue weighted by Gasteiger charge is -2.39. The van der Waals surface area contributed by atoms with Crippen LogP contribution in [0.3, 0.4) is 0 Å². The van der Waals surface area contributed by atoms with Crippen LogP contribution < -0.4 is 5.73 Å². The fraction of sp³-hybridized carbons (Fsp3) is 0.750. The highest BCUT2D eigenvalue weighted by Gasteiger charge is 2.29. The lowest BCUT2D eigenvalue weighted by molar-refractivity contribution is 0.112. The summed E-state index contributed by atoms with van der Waals surface area (Å²) in [4.78, 5) is 10.3. The normalized spacial score (nSPS) is 20.4. The molecule has 2 aromatic heterocycles. The van der Waals surface area contributed by atoms with E-state index in [0.29, 0.717) is 17.2 Å². The maximum Gasteiger partial charge on any atom is 0.157 e. The number of fused-ring (bicyclic) bond motifs is 1. The second-order valence-corrected chi connectivity index (χ2v) is 11.4. The Kier molecular flexibility index (Phi) is 5.84. The fourth-order valence-corrected chi connectivity index (χ4v) is 5.18. The zero-order chi connectivity index (χ0) is 21.5. The monoisotopic (exact) mass is 412 g/mol. The molecule has 166 valence electrons. The van der Waals surface area contributed by atoms with E-state index in [9.17, 15) is 0 Å². The van der Waals surface area contributed by atoms with E-state index in [1.54, 1.807) is 4.52 Å². The van der Waals surface area contributed by atoms with Gasteiger partial charge in [-0.15, -0.1) is 0 Å². The number of nitrogens with two attached hydrogens (primary N) is 1. The molecule has 0 saturated carbocycles. The molecule has 0 atom stereocenters. The molecule has 4 rings (SSSR count). The lowest BCUT2D eigenvalue weighted by Crippen LogP contribution is -2.44. The van der Waals surface area contributed by atoms with Crippen molar-refractivity contribution < 1.29 is 0 Å². The first-order chi connectivity index (χ1) is 14.1. The summed E-state index contributed by atoms with van der Waals surface area (Å²) in [5, 5.41) is 4.68. The van der Waals surface area contributed by atoms with Gasteiger partial charge in [-0.2, -0.15) is 9.61 Å². The van der Waals surface area contributed by atoms with Crippen LogP contribution in [0.5, 0.6) is 0 Å². The summed E-state index contributed by atoms with van der Waals surface area (Å²) in [6.07, 6.45) is 5.05. The van der Waals surface area contributed by atoms with Crippen molar-refractivity contribution in [2.75, 3.05) is 45.0 Å². The Bertz CT molecular complexity index is 864. The van der Waals surface area contributed by atoms with Gasteiger partial charge in [0.15, 0.2) is 5.65 Å². The molecule has 0 spiro atoms. The van der Waals surface area contributed by atoms with Crippen LogP contribution in [-0.2, 0) is 5.41 Å². The average Bonchev–Trinajstić information content (AvgIpc) is 3.31. The molecule has 2 saturated heterocycles. The molecule has 0 bridgehead atoms. The highest BCUT2D eigenvalue weighted by Crippen LogP contribution is 2.31. The van der Waals surface area contributed by atoms with Crippen LogP contribution in [0.15, 0.2) is 12.1 Å². The Morgan fingerprint density at radius 3 is 2.13 bits per heavy atom. The van der Waals surface area contributed by atoms with Crippen LogP contribution in [0, 0.1) is 5.41 Å². The zero-order valence-corrected chi connectivity index (χ0v) is 19.6. The first-order valence-corrected chi connectivity index (χ1v) is 11.7. The largest absolute Gasteiger partial charge is 0.384 e. The van der Waals surface area contributed by atoms with Crippen LogP contribution in [0.4, 0.5) is 5.82 Å². The van der Waals surface area contributed by atoms with Crippen LogP contribution in [0.1, 0.15) is 77.6 Å². The summed E-state index contributed by atoms with van der Waals surface area (Å²) in [5.74, 6) is 1.18. The topological polar surface area (TPSA) is 62.7 Å². The molecule has 2 aromatic rings. The first kappa shape index (κ1) is 21.6. The van der Waals surface area contributed by atoms with Gasteiger partial charge in [-0.05, 0) is 57.3 Å². The minimum atomic E-state index is -0.00643. The SMILES string of the molecule is CC(C)(CN1CCCC1)CN1CCC(c2cc(N)n3nc(C(C)(C)C)cc3n2)CC1. The number of hydrogen-bond donors (Lipinski definition) is 1. The Morgan fingerprint density at radius 1 is 0.933 bits per heavy atom. The molecule has 2 fully saturated rings. The summed E-state index contributed by atoms with van der Waals surface area (Å²) in [7, 11) is 0. The van der Waals surface area contributed by atoms with Gasteiger partial charge in [-0.3, -0.25) is 0 Å². The van der Waals surface area contributed by atoms with Crippen LogP contribution in [0.25, 0.3) is 5.65 Å². The van der Waals surface area contributed by atoms with Gasteiger partial charge in [0.2, 0.25) is 0 Å². The number of piperidine rings is 1. The maximum atomic E-state index is 6.35. The fourth-order valence-electron chi connectivity index (χ4n) is 5.18. The number of nitrogens with zero attached hydrogens (tertiary/aromatic N) is 5. The first-order valence-electron chi connectivity index (χ1n) is 11.7. The number of aromatic nitrogens is 3. The lowest BCUT2D eigenvalue weighted by atomic mass is 9.88. The van der Waals surface area contributed by atoms with Gasteiger partial charge in [0.1, 0.15) is 5.82 Å². The predicted octanol–water partition coefficient (Wildman–Crippen LogP) is 3.91. The Balaban J connectivity index is 1.39. The molecular formula is C24H40N6. The molecule has 2 N–H and O–H groups in total. The van der Waals surface area contributed by atoms with E-state index < -0.39 is 0 Å². The second kappa shape index (κ2) is 8.12. The third-order valence-electron chi connectivity index (χ3n) is 6.75. The number of rotatable bonds is 5. The van der Waals surface area contributed by atoms with E-state index in [4.69, 9.17) is 10.7 Å². The number of nitrogen functional groups attached to an aromatic ring is 1. The number of hydrogen-bond acceptors (Lipinski definition) is 5. The van der Waals surface area contributed by atoms with E-state index in [0.717, 1.165) is 43.0 Å². The molecule has 2 aliphatic heterocycles. The summed E-state index contributed by atoms with van der Waals surface area (Å²) in [6.45, 7) is 18.6. The Hall–Kier alpha value is -1.66. The van der Waals surface area contributed by atoms with Gasteiger partial charge in [-0.1, -0.05) is 34.6 Å². The second-order valence-electron chi connectivity index (χ2n) is 11.4. The van der Waals surface area contributed by atoms with Gasteiger partial charge < -0.3 is 15.5 Å². The minimum Gasteiger partial charge on any atom is -0.384 e. The highest BCUT2D eigenvalue weighted by atomic mass is 15.3. The minimum absolute atomic E-state index is 0.00643. The summed E-state index contributed by atoms with van der Waals surface area (Å²) in [6, 6.07) is 4.14. The van der Waals surface area contributed by atoms with Crippen LogP contribution >= 0.6 is 0 Å². The van der Waals surface area contributed by atoms with E-state index >= 15 is 0 Å². The van der Waals surface area contributed by atoms with E-state index in [1.807, 2.05) is 6.07 Å². The van der Waals surface area contributed by atoms with Gasteiger partial charge >= 0.3 is 0 Å². The standard InChI is InChI=1S/C24H40N6/c1-23(2,3)20-15-22-26-19(14-21(25)30(22)27-20)18-8-12-29(13-9-18)17-24(4,5)16-28-10-6-7-11-28/h14-15,18H,6-13,16-17,25H2,1-5H3. The van der Waals surface area contributed by atoms with Crippen molar-refractivity contribution in [2.24, 2.45) is 5.41 Å². The van der Waals surface area contributed by atoms with Crippen molar-refractivity contribution in [3.8, 4) is 0 Å². The zero-order valence-electron chi connectivity index (χ0n) is 19.6. The van der Waals surface area contributed by atoms with Crippen molar-refractivity contribution >= 4 is 11.5 Å². The molecule has 6 heteroatoms. The predicted molar refractivity (Wildman–Crippen MR) is 124 cm³/mol. The molecule has 0 amide bonds. The van der Waals surface area contributed by atoms with E-state index in [1.165, 1.54) is 39.0 Å². The van der Waals surface area contributed by atoms with Gasteiger partial charge in [0, 0.05) is 42.2 Å². The van der Waals surface area contributed by atoms with Crippen molar-refractivity contribution in [2.45, 2.75) is 71.6 Å². The summed E-state index contributed by atoms with van der Waals surface area (Å²) in [5.41, 5.74) is 9.74. The number of anilines is 1. The van der Waals surface area contributed by atoms with Crippen LogP contribution in [0.2, 0.25) is 0 Å². The van der Waals surface area contributed by atoms with E-state index in [-0.39, 0.29) is 5.41 Å². The van der Waals surface area contributed by atoms with Crippen molar-refractivity contribution in [1.29, 1.82) is 0 Å². The summed E-state index contributed by atoms with van der Waals surface area (Å²) >= 11 is 0. The van der Waals surface area contributed by atoms with Gasteiger partial charge in [0.05, 0.1) is 5.69 Å². The van der Waals surface area contributed by atoms with Gasteiger partial charge in [-0.25, -0.2) is 4.98 Å². The molecule has 0 radical (unpaired) electrons. The summed E-state index contributed by atoms with van der Waals surface area (Å²) < 4.78 is 1.79. The maximum absolute atomic E-state index is 6.35. The van der Waals surface area contributed by atoms with E-state index in [2.05, 4.69) is 55.6 Å². The van der Waals surface area contributed by atoms with Crippen molar-refractivity contribution in [3.63, 3.8) is 0 Å². The molecule has 2 aliphatic rings. The quantitative estimate of drug-likeness (QED) is 0.807. The molecule has 30 heavy (non-hydrogen) atoms. The van der Waals surface area contributed by atoms with Crippen LogP contribution in [-0.4, -0.2) is 63.7 Å². The van der Waals surface area contributed by atoms with Crippen molar-refractivity contribution in [1.82, 2.24) is 24.4 Å². The smallest absolute Gasteiger partial charge is 0.157 e. The Morgan fingerprint density at radius 2 is 1.53 bits per heavy atom. The highest BCUT2D eigenvalue weighted by molar-refractivity contribution is 5.49. The Labute approximate surface area is 181 Å².